The smallest absolute Gasteiger partial charge is 0.331 e. The van der Waals surface area contributed by atoms with Gasteiger partial charge in [0.15, 0.2) is 5.69 Å². The molecule has 0 fully saturated rings. The quantitative estimate of drug-likeness (QED) is 0.620. The second-order valence-electron chi connectivity index (χ2n) is 5.13. The number of nitrogens with one attached hydrogen (secondary N) is 1. The molecule has 0 unspecified atom stereocenters. The van der Waals surface area contributed by atoms with Gasteiger partial charge in [0, 0.05) is 25.3 Å². The van der Waals surface area contributed by atoms with Crippen molar-refractivity contribution in [2.75, 3.05) is 0 Å². The lowest BCUT2D eigenvalue weighted by Crippen LogP contribution is -2.29. The van der Waals surface area contributed by atoms with E-state index in [1.54, 1.807) is 0 Å². The third kappa shape index (κ3) is 3.68. The zero-order chi connectivity index (χ0) is 17.8. The first-order valence-corrected chi connectivity index (χ1v) is 7.28. The van der Waals surface area contributed by atoms with Crippen LogP contribution in [-0.2, 0) is 16.1 Å². The highest BCUT2D eigenvalue weighted by Gasteiger charge is 2.28. The van der Waals surface area contributed by atoms with E-state index in [0.29, 0.717) is 35.5 Å². The standard InChI is InChI=1S/C15H13N5O5/c1-8(21)24-18-11-6-7-12-14(20-25-19-12)13(11)16-17-15(23)9-2-4-10(22)5-3-9/h2-5,22H,6-7H2,1H3,(H,17,23). The number of aryl methyl sites for hydroxylation is 1. The first-order chi connectivity index (χ1) is 12.0. The number of aromatic hydroxyl groups is 1. The van der Waals surface area contributed by atoms with Crippen molar-refractivity contribution in [1.29, 1.82) is 0 Å². The number of carbonyl (C=O) groups is 2. The molecule has 1 aromatic heterocycles. The molecular weight excluding hydrogens is 330 g/mol. The monoisotopic (exact) mass is 343 g/mol. The van der Waals surface area contributed by atoms with Gasteiger partial charge >= 0.3 is 5.97 Å². The zero-order valence-corrected chi connectivity index (χ0v) is 13.1. The molecule has 0 bridgehead atoms. The molecule has 1 aliphatic carbocycles. The highest BCUT2D eigenvalue weighted by atomic mass is 16.7. The van der Waals surface area contributed by atoms with E-state index in [1.165, 1.54) is 31.2 Å². The summed E-state index contributed by atoms with van der Waals surface area (Å²) in [5.41, 5.74) is 4.11. The summed E-state index contributed by atoms with van der Waals surface area (Å²) in [4.78, 5) is 27.8. The van der Waals surface area contributed by atoms with E-state index in [0.717, 1.165) is 0 Å². The van der Waals surface area contributed by atoms with Gasteiger partial charge < -0.3 is 9.94 Å². The number of oxime groups is 1. The van der Waals surface area contributed by atoms with Crippen LogP contribution in [0.1, 0.15) is 35.1 Å². The van der Waals surface area contributed by atoms with Crippen LogP contribution < -0.4 is 5.43 Å². The molecule has 0 atom stereocenters. The lowest BCUT2D eigenvalue weighted by atomic mass is 9.97. The molecule has 2 N–H and O–H groups in total. The van der Waals surface area contributed by atoms with Gasteiger partial charge in [-0.25, -0.2) is 14.8 Å². The summed E-state index contributed by atoms with van der Waals surface area (Å²) in [7, 11) is 0. The van der Waals surface area contributed by atoms with Gasteiger partial charge in [0.25, 0.3) is 5.91 Å². The molecule has 1 aliphatic rings. The molecule has 0 aliphatic heterocycles. The molecule has 10 heteroatoms. The van der Waals surface area contributed by atoms with E-state index in [2.05, 4.69) is 30.8 Å². The lowest BCUT2D eigenvalue weighted by molar-refractivity contribution is -0.140. The maximum Gasteiger partial charge on any atom is 0.331 e. The fourth-order valence-electron chi connectivity index (χ4n) is 2.15. The van der Waals surface area contributed by atoms with E-state index >= 15 is 0 Å². The lowest BCUT2D eigenvalue weighted by Gasteiger charge is -2.12. The molecule has 0 radical (unpaired) electrons. The van der Waals surface area contributed by atoms with E-state index in [9.17, 15) is 14.7 Å². The van der Waals surface area contributed by atoms with Gasteiger partial charge in [-0.05, 0) is 29.4 Å². The van der Waals surface area contributed by atoms with Crippen LogP contribution in [0.3, 0.4) is 0 Å². The van der Waals surface area contributed by atoms with Crippen molar-refractivity contribution >= 4 is 23.3 Å². The summed E-state index contributed by atoms with van der Waals surface area (Å²) in [5, 5.41) is 24.5. The molecule has 3 rings (SSSR count). The summed E-state index contributed by atoms with van der Waals surface area (Å²) >= 11 is 0. The van der Waals surface area contributed by atoms with Gasteiger partial charge in [-0.1, -0.05) is 10.3 Å². The fraction of sp³-hybridized carbons (Fsp3) is 0.200. The van der Waals surface area contributed by atoms with Crippen LogP contribution in [-0.4, -0.2) is 38.7 Å². The Bertz CT molecular complexity index is 869. The van der Waals surface area contributed by atoms with Crippen molar-refractivity contribution in [3.63, 3.8) is 0 Å². The van der Waals surface area contributed by atoms with Gasteiger partial charge in [0.05, 0.1) is 0 Å². The minimum Gasteiger partial charge on any atom is -0.508 e. The first-order valence-electron chi connectivity index (χ1n) is 7.28. The minimum atomic E-state index is -0.580. The molecule has 10 nitrogen and oxygen atoms in total. The van der Waals surface area contributed by atoms with Crippen LogP contribution in [0.4, 0.5) is 0 Å². The topological polar surface area (TPSA) is 139 Å². The third-order valence-electron chi connectivity index (χ3n) is 3.34. The number of rotatable bonds is 3. The molecule has 0 saturated carbocycles. The average molecular weight is 343 g/mol. The van der Waals surface area contributed by atoms with Gasteiger partial charge in [-0.15, -0.1) is 0 Å². The number of benzene rings is 1. The van der Waals surface area contributed by atoms with Crippen molar-refractivity contribution < 1.29 is 24.2 Å². The van der Waals surface area contributed by atoms with Crippen molar-refractivity contribution in [2.24, 2.45) is 10.3 Å². The van der Waals surface area contributed by atoms with Crippen molar-refractivity contribution in [1.82, 2.24) is 15.7 Å². The van der Waals surface area contributed by atoms with Crippen LogP contribution in [0.25, 0.3) is 0 Å². The van der Waals surface area contributed by atoms with Crippen molar-refractivity contribution in [2.45, 2.75) is 19.8 Å². The summed E-state index contributed by atoms with van der Waals surface area (Å²) < 4.78 is 4.69. The van der Waals surface area contributed by atoms with Crippen LogP contribution in [0.15, 0.2) is 39.2 Å². The molecule has 1 heterocycles. The predicted molar refractivity (Wildman–Crippen MR) is 83.9 cm³/mol. The van der Waals surface area contributed by atoms with Gasteiger partial charge in [-0.3, -0.25) is 4.79 Å². The van der Waals surface area contributed by atoms with Crippen molar-refractivity contribution in [3.8, 4) is 5.75 Å². The summed E-state index contributed by atoms with van der Waals surface area (Å²) in [6.45, 7) is 1.22. The molecular formula is C15H13N5O5. The van der Waals surface area contributed by atoms with Crippen molar-refractivity contribution in [3.05, 3.63) is 41.2 Å². The largest absolute Gasteiger partial charge is 0.508 e. The first kappa shape index (κ1) is 16.3. The number of aromatic nitrogens is 2. The van der Waals surface area contributed by atoms with Crippen LogP contribution >= 0.6 is 0 Å². The number of fused-ring (bicyclic) bond motifs is 1. The van der Waals surface area contributed by atoms with E-state index in [1.807, 2.05) is 0 Å². The summed E-state index contributed by atoms with van der Waals surface area (Å²) in [5.74, 6) is -1.03. The average Bonchev–Trinajstić information content (AvgIpc) is 3.07. The second kappa shape index (κ2) is 6.91. The second-order valence-corrected chi connectivity index (χ2v) is 5.13. The van der Waals surface area contributed by atoms with E-state index in [4.69, 9.17) is 4.63 Å². The molecule has 25 heavy (non-hydrogen) atoms. The van der Waals surface area contributed by atoms with Gasteiger partial charge in [0.1, 0.15) is 22.9 Å². The van der Waals surface area contributed by atoms with E-state index in [-0.39, 0.29) is 11.5 Å². The highest BCUT2D eigenvalue weighted by molar-refractivity contribution is 6.48. The summed E-state index contributed by atoms with van der Waals surface area (Å²) in [6.07, 6.45) is 0.881. The number of phenolic OH excluding ortho intramolecular Hbond substituents is 1. The SMILES string of the molecule is CC(=O)ON=C1CCc2nonc2C1=NNC(=O)c1ccc(O)cc1. The molecule has 1 amide bonds. The molecule has 0 saturated heterocycles. The Morgan fingerprint density at radius 1 is 1.24 bits per heavy atom. The van der Waals surface area contributed by atoms with Crippen LogP contribution in [0.2, 0.25) is 0 Å². The number of carbonyl (C=O) groups excluding carboxylic acids is 2. The fourth-order valence-corrected chi connectivity index (χ4v) is 2.15. The van der Waals surface area contributed by atoms with Crippen LogP contribution in [0, 0.1) is 0 Å². The number of nitrogens with zero attached hydrogens (tertiary/aromatic N) is 4. The number of amides is 1. The normalized spacial score (nSPS) is 16.5. The molecule has 2 aromatic rings. The molecule has 128 valence electrons. The Kier molecular flexibility index (Phi) is 4.50. The van der Waals surface area contributed by atoms with Crippen LogP contribution in [0.5, 0.6) is 5.75 Å². The Morgan fingerprint density at radius 3 is 2.72 bits per heavy atom. The molecule has 0 spiro atoms. The van der Waals surface area contributed by atoms with Gasteiger partial charge in [0.2, 0.25) is 0 Å². The Hall–Kier alpha value is -3.56. The third-order valence-corrected chi connectivity index (χ3v) is 3.34. The zero-order valence-electron chi connectivity index (χ0n) is 13.1. The maximum atomic E-state index is 12.1. The minimum absolute atomic E-state index is 0.0456. The van der Waals surface area contributed by atoms with E-state index < -0.39 is 11.9 Å². The Labute approximate surface area is 141 Å². The predicted octanol–water partition coefficient (Wildman–Crippen LogP) is 0.775. The summed E-state index contributed by atoms with van der Waals surface area (Å²) in [6, 6.07) is 5.66. The Balaban J connectivity index is 1.86. The number of hydrogen-bond acceptors (Lipinski definition) is 9. The number of phenols is 1. The highest BCUT2D eigenvalue weighted by Crippen LogP contribution is 2.17. The number of hydrogen-bond donors (Lipinski definition) is 2. The number of hydrazone groups is 1. The molecule has 1 aromatic carbocycles. The maximum absolute atomic E-state index is 12.1. The Morgan fingerprint density at radius 2 is 2.00 bits per heavy atom. The van der Waals surface area contributed by atoms with Gasteiger partial charge in [-0.2, -0.15) is 5.10 Å².